The van der Waals surface area contributed by atoms with Gasteiger partial charge in [-0.05, 0) is 29.7 Å². The standard InChI is InChI=1S/C20H20F4N2O2/c1-13(2)14-5-6-16(17(10-14)28-20(22,23)24)18(27)26-9-7-19(21,12-26)15-4-3-8-25-11-15/h3-6,8,10-11,13H,7,9,12H2,1-2H3. The van der Waals surface area contributed by atoms with E-state index in [0.29, 0.717) is 11.1 Å². The normalized spacial score (nSPS) is 19.9. The highest BCUT2D eigenvalue weighted by molar-refractivity contribution is 5.97. The number of hydrogen-bond donors (Lipinski definition) is 0. The topological polar surface area (TPSA) is 42.4 Å². The van der Waals surface area contributed by atoms with E-state index in [1.54, 1.807) is 18.2 Å². The van der Waals surface area contributed by atoms with Gasteiger partial charge in [-0.15, -0.1) is 13.2 Å². The van der Waals surface area contributed by atoms with E-state index in [0.717, 1.165) is 0 Å². The molecule has 0 radical (unpaired) electrons. The number of ether oxygens (including phenoxy) is 1. The molecule has 8 heteroatoms. The smallest absolute Gasteiger partial charge is 0.405 e. The number of carbonyl (C=O) groups excluding carboxylic acids is 1. The molecule has 1 aromatic carbocycles. The Labute approximate surface area is 160 Å². The van der Waals surface area contributed by atoms with Crippen LogP contribution in [0.4, 0.5) is 17.6 Å². The van der Waals surface area contributed by atoms with E-state index in [1.165, 1.54) is 29.4 Å². The largest absolute Gasteiger partial charge is 0.573 e. The Morgan fingerprint density at radius 2 is 2.04 bits per heavy atom. The van der Waals surface area contributed by atoms with Crippen LogP contribution in [0.5, 0.6) is 5.75 Å². The summed E-state index contributed by atoms with van der Waals surface area (Å²) >= 11 is 0. The summed E-state index contributed by atoms with van der Waals surface area (Å²) in [6.45, 7) is 3.47. The second-order valence-electron chi connectivity index (χ2n) is 7.14. The lowest BCUT2D eigenvalue weighted by Crippen LogP contribution is -2.33. The Kier molecular flexibility index (Phi) is 5.32. The zero-order valence-electron chi connectivity index (χ0n) is 15.5. The molecule has 1 unspecified atom stereocenters. The second kappa shape index (κ2) is 7.41. The minimum Gasteiger partial charge on any atom is -0.405 e. The summed E-state index contributed by atoms with van der Waals surface area (Å²) in [4.78, 5) is 18.0. The molecule has 4 nitrogen and oxygen atoms in total. The summed E-state index contributed by atoms with van der Waals surface area (Å²) in [6.07, 6.45) is -1.98. The van der Waals surface area contributed by atoms with Gasteiger partial charge in [0.05, 0.1) is 12.1 Å². The molecule has 0 bridgehead atoms. The molecule has 1 aliphatic heterocycles. The van der Waals surface area contributed by atoms with Crippen LogP contribution < -0.4 is 4.74 Å². The molecule has 2 aromatic rings. The maximum Gasteiger partial charge on any atom is 0.573 e. The molecule has 1 saturated heterocycles. The highest BCUT2D eigenvalue weighted by Crippen LogP contribution is 2.38. The molecular formula is C20H20F4N2O2. The molecule has 1 aliphatic rings. The van der Waals surface area contributed by atoms with Crippen LogP contribution in [0.1, 0.15) is 47.7 Å². The van der Waals surface area contributed by atoms with Crippen molar-refractivity contribution in [3.05, 3.63) is 59.4 Å². The van der Waals surface area contributed by atoms with E-state index in [1.807, 2.05) is 13.8 Å². The fourth-order valence-electron chi connectivity index (χ4n) is 3.26. The fraction of sp³-hybridized carbons (Fsp3) is 0.400. The quantitative estimate of drug-likeness (QED) is 0.697. The average molecular weight is 396 g/mol. The van der Waals surface area contributed by atoms with Gasteiger partial charge in [-0.1, -0.05) is 26.0 Å². The van der Waals surface area contributed by atoms with Gasteiger partial charge in [-0.3, -0.25) is 9.78 Å². The number of rotatable bonds is 4. The molecule has 3 rings (SSSR count). The number of pyridine rings is 1. The Morgan fingerprint density at radius 3 is 2.64 bits per heavy atom. The summed E-state index contributed by atoms with van der Waals surface area (Å²) in [6, 6.07) is 7.28. The molecule has 1 amide bonds. The Bertz CT molecular complexity index is 855. The predicted molar refractivity (Wildman–Crippen MR) is 94.8 cm³/mol. The molecule has 0 saturated carbocycles. The molecule has 0 aliphatic carbocycles. The molecule has 1 aromatic heterocycles. The number of nitrogens with zero attached hydrogens (tertiary/aromatic N) is 2. The van der Waals surface area contributed by atoms with Crippen LogP contribution in [0.15, 0.2) is 42.7 Å². The van der Waals surface area contributed by atoms with Gasteiger partial charge in [0.15, 0.2) is 5.67 Å². The molecule has 150 valence electrons. The van der Waals surface area contributed by atoms with Crippen molar-refractivity contribution in [3.63, 3.8) is 0 Å². The highest BCUT2D eigenvalue weighted by atomic mass is 19.4. The predicted octanol–water partition coefficient (Wildman–Crippen LogP) is 4.81. The van der Waals surface area contributed by atoms with E-state index in [4.69, 9.17) is 0 Å². The lowest BCUT2D eigenvalue weighted by molar-refractivity contribution is -0.274. The number of amides is 1. The van der Waals surface area contributed by atoms with E-state index < -0.39 is 23.7 Å². The van der Waals surface area contributed by atoms with E-state index in [2.05, 4.69) is 9.72 Å². The third kappa shape index (κ3) is 4.26. The SMILES string of the molecule is CC(C)c1ccc(C(=O)N2CCC(F)(c3cccnc3)C2)c(OC(F)(F)F)c1. The maximum atomic E-state index is 15.3. The summed E-state index contributed by atoms with van der Waals surface area (Å²) in [7, 11) is 0. The van der Waals surface area contributed by atoms with Crippen molar-refractivity contribution in [2.24, 2.45) is 0 Å². The summed E-state index contributed by atoms with van der Waals surface area (Å²) in [5.41, 5.74) is -1.08. The highest BCUT2D eigenvalue weighted by Gasteiger charge is 2.43. The first kappa shape index (κ1) is 20.1. The van der Waals surface area contributed by atoms with Crippen molar-refractivity contribution in [2.75, 3.05) is 13.1 Å². The minimum atomic E-state index is -4.94. The minimum absolute atomic E-state index is 0.0456. The van der Waals surface area contributed by atoms with Gasteiger partial charge in [-0.25, -0.2) is 4.39 Å². The van der Waals surface area contributed by atoms with E-state index >= 15 is 4.39 Å². The van der Waals surface area contributed by atoms with Crippen molar-refractivity contribution in [1.82, 2.24) is 9.88 Å². The molecule has 2 heterocycles. The van der Waals surface area contributed by atoms with Crippen molar-refractivity contribution < 1.29 is 27.1 Å². The van der Waals surface area contributed by atoms with Gasteiger partial charge in [0, 0.05) is 30.9 Å². The van der Waals surface area contributed by atoms with Crippen LogP contribution in [-0.4, -0.2) is 35.2 Å². The number of alkyl halides is 4. The monoisotopic (exact) mass is 396 g/mol. The van der Waals surface area contributed by atoms with Crippen LogP contribution in [0.3, 0.4) is 0 Å². The lowest BCUT2D eigenvalue weighted by atomic mass is 9.97. The number of halogens is 4. The van der Waals surface area contributed by atoms with Gasteiger partial charge >= 0.3 is 6.36 Å². The fourth-order valence-corrected chi connectivity index (χ4v) is 3.26. The maximum absolute atomic E-state index is 15.3. The first-order valence-electron chi connectivity index (χ1n) is 8.87. The number of aromatic nitrogens is 1. The van der Waals surface area contributed by atoms with Gasteiger partial charge in [-0.2, -0.15) is 0 Å². The Balaban J connectivity index is 1.88. The van der Waals surface area contributed by atoms with Crippen LogP contribution >= 0.6 is 0 Å². The third-order valence-electron chi connectivity index (χ3n) is 4.81. The van der Waals surface area contributed by atoms with Gasteiger partial charge in [0.2, 0.25) is 0 Å². The number of likely N-dealkylation sites (tertiary alicyclic amines) is 1. The molecule has 0 spiro atoms. The van der Waals surface area contributed by atoms with Crippen LogP contribution in [-0.2, 0) is 5.67 Å². The van der Waals surface area contributed by atoms with Crippen LogP contribution in [0, 0.1) is 0 Å². The first-order chi connectivity index (χ1) is 13.1. The lowest BCUT2D eigenvalue weighted by Gasteiger charge is -2.22. The molecule has 1 fully saturated rings. The van der Waals surface area contributed by atoms with Crippen LogP contribution in [0.2, 0.25) is 0 Å². The Morgan fingerprint density at radius 1 is 1.29 bits per heavy atom. The first-order valence-corrected chi connectivity index (χ1v) is 8.87. The number of carbonyl (C=O) groups is 1. The van der Waals surface area contributed by atoms with Gasteiger partial charge in [0.1, 0.15) is 5.75 Å². The van der Waals surface area contributed by atoms with Crippen molar-refractivity contribution in [3.8, 4) is 5.75 Å². The van der Waals surface area contributed by atoms with Crippen molar-refractivity contribution in [2.45, 2.75) is 38.2 Å². The average Bonchev–Trinajstić information content (AvgIpc) is 3.04. The molecule has 1 atom stereocenters. The second-order valence-corrected chi connectivity index (χ2v) is 7.14. The van der Waals surface area contributed by atoms with E-state index in [9.17, 15) is 18.0 Å². The molecular weight excluding hydrogens is 376 g/mol. The molecule has 0 N–H and O–H groups in total. The zero-order valence-corrected chi connectivity index (χ0v) is 15.5. The van der Waals surface area contributed by atoms with Crippen molar-refractivity contribution >= 4 is 5.91 Å². The Hall–Kier alpha value is -2.64. The summed E-state index contributed by atoms with van der Waals surface area (Å²) < 4.78 is 57.8. The third-order valence-corrected chi connectivity index (χ3v) is 4.81. The van der Waals surface area contributed by atoms with Gasteiger partial charge < -0.3 is 9.64 Å². The number of hydrogen-bond acceptors (Lipinski definition) is 3. The molecule has 28 heavy (non-hydrogen) atoms. The van der Waals surface area contributed by atoms with Crippen LogP contribution in [0.25, 0.3) is 0 Å². The zero-order chi connectivity index (χ0) is 20.5. The van der Waals surface area contributed by atoms with Crippen molar-refractivity contribution in [1.29, 1.82) is 0 Å². The number of benzene rings is 1. The van der Waals surface area contributed by atoms with E-state index in [-0.39, 0.29) is 31.0 Å². The van der Waals surface area contributed by atoms with Gasteiger partial charge in [0.25, 0.3) is 5.91 Å². The summed E-state index contributed by atoms with van der Waals surface area (Å²) in [5.74, 6) is -1.31. The summed E-state index contributed by atoms with van der Waals surface area (Å²) in [5, 5.41) is 0.